The number of hydrogen-bond donors (Lipinski definition) is 2. The van der Waals surface area contributed by atoms with Crippen molar-refractivity contribution in [3.63, 3.8) is 0 Å². The Morgan fingerprint density at radius 2 is 1.65 bits per heavy atom. The zero-order valence-corrected chi connectivity index (χ0v) is 12.3. The molecule has 0 fully saturated rings. The minimum absolute atomic E-state index is 0.236. The van der Waals surface area contributed by atoms with Gasteiger partial charge in [0.2, 0.25) is 0 Å². The second kappa shape index (κ2) is 14.3. The molecule has 1 atom stereocenters. The summed E-state index contributed by atoms with van der Waals surface area (Å²) >= 11 is 0. The molecular formula is C15H28O5. The summed E-state index contributed by atoms with van der Waals surface area (Å²) in [5.74, 6) is 0. The summed E-state index contributed by atoms with van der Waals surface area (Å²) in [6.45, 7) is 3.36. The first kappa shape index (κ1) is 18.9. The van der Waals surface area contributed by atoms with Crippen molar-refractivity contribution in [2.24, 2.45) is 0 Å². The van der Waals surface area contributed by atoms with E-state index in [1.165, 1.54) is 25.7 Å². The van der Waals surface area contributed by atoms with Gasteiger partial charge in [0.1, 0.15) is 12.7 Å². The minimum Gasteiger partial charge on any atom is -0.434 e. The Kier molecular flexibility index (Phi) is 13.6. The number of carbonyl (C=O) groups excluding carboxylic acids is 1. The van der Waals surface area contributed by atoms with Crippen LogP contribution in [0.25, 0.3) is 0 Å². The highest BCUT2D eigenvalue weighted by molar-refractivity contribution is 5.59. The molecule has 0 bridgehead atoms. The SMILES string of the molecule is C=CCCCCCCCCCOC(=O)OCC(O)CO. The first-order valence-corrected chi connectivity index (χ1v) is 7.40. The summed E-state index contributed by atoms with van der Waals surface area (Å²) in [7, 11) is 0. The van der Waals surface area contributed by atoms with Crippen LogP contribution in [0.2, 0.25) is 0 Å². The molecule has 0 amide bonds. The van der Waals surface area contributed by atoms with Crippen molar-refractivity contribution in [3.05, 3.63) is 12.7 Å². The lowest BCUT2D eigenvalue weighted by Gasteiger charge is -2.08. The highest BCUT2D eigenvalue weighted by atomic mass is 16.7. The van der Waals surface area contributed by atoms with E-state index in [-0.39, 0.29) is 6.61 Å². The van der Waals surface area contributed by atoms with Gasteiger partial charge in [-0.1, -0.05) is 38.2 Å². The van der Waals surface area contributed by atoms with Crippen molar-refractivity contribution < 1.29 is 24.5 Å². The molecule has 0 aromatic rings. The van der Waals surface area contributed by atoms with Crippen LogP contribution in [-0.4, -0.2) is 42.3 Å². The predicted octanol–water partition coefficient (Wildman–Crippen LogP) is 2.80. The monoisotopic (exact) mass is 288 g/mol. The molecule has 0 spiro atoms. The van der Waals surface area contributed by atoms with Crippen LogP contribution in [0.15, 0.2) is 12.7 Å². The van der Waals surface area contributed by atoms with E-state index >= 15 is 0 Å². The van der Waals surface area contributed by atoms with Crippen molar-refractivity contribution >= 4 is 6.16 Å². The van der Waals surface area contributed by atoms with Crippen molar-refractivity contribution in [1.82, 2.24) is 0 Å². The van der Waals surface area contributed by atoms with Crippen LogP contribution >= 0.6 is 0 Å². The van der Waals surface area contributed by atoms with Crippen LogP contribution in [0.1, 0.15) is 51.4 Å². The molecule has 5 heteroatoms. The first-order valence-electron chi connectivity index (χ1n) is 7.40. The molecule has 118 valence electrons. The number of aliphatic hydroxyl groups excluding tert-OH is 2. The normalized spacial score (nSPS) is 11.9. The molecule has 0 aliphatic carbocycles. The second-order valence-corrected chi connectivity index (χ2v) is 4.80. The van der Waals surface area contributed by atoms with Crippen LogP contribution < -0.4 is 0 Å². The molecule has 0 rings (SSSR count). The Morgan fingerprint density at radius 1 is 1.05 bits per heavy atom. The maximum atomic E-state index is 11.1. The maximum absolute atomic E-state index is 11.1. The molecule has 1 unspecified atom stereocenters. The predicted molar refractivity (Wildman–Crippen MR) is 77.5 cm³/mol. The van der Waals surface area contributed by atoms with Crippen molar-refractivity contribution in [2.75, 3.05) is 19.8 Å². The topological polar surface area (TPSA) is 76.0 Å². The summed E-state index contributed by atoms with van der Waals surface area (Å²) in [4.78, 5) is 11.1. The molecule has 0 radical (unpaired) electrons. The zero-order valence-electron chi connectivity index (χ0n) is 12.3. The molecule has 0 aromatic carbocycles. The number of carbonyl (C=O) groups is 1. The van der Waals surface area contributed by atoms with E-state index < -0.39 is 18.9 Å². The number of rotatable bonds is 13. The van der Waals surface area contributed by atoms with Crippen LogP contribution in [-0.2, 0) is 9.47 Å². The molecule has 0 aliphatic heterocycles. The Bertz CT molecular complexity index is 242. The van der Waals surface area contributed by atoms with Crippen LogP contribution in [0.3, 0.4) is 0 Å². The Morgan fingerprint density at radius 3 is 2.25 bits per heavy atom. The fraction of sp³-hybridized carbons (Fsp3) is 0.800. The average Bonchev–Trinajstić information content (AvgIpc) is 2.46. The molecule has 0 aliphatic rings. The number of unbranched alkanes of at least 4 members (excludes halogenated alkanes) is 7. The lowest BCUT2D eigenvalue weighted by molar-refractivity contribution is 0.000383. The van der Waals surface area contributed by atoms with Gasteiger partial charge in [0, 0.05) is 0 Å². The molecule has 2 N–H and O–H groups in total. The summed E-state index contributed by atoms with van der Waals surface area (Å²) < 4.78 is 9.43. The quantitative estimate of drug-likeness (QED) is 0.309. The summed E-state index contributed by atoms with van der Waals surface area (Å²) in [6.07, 6.45) is 9.16. The molecule has 0 saturated carbocycles. The number of allylic oxidation sites excluding steroid dienone is 1. The van der Waals surface area contributed by atoms with E-state index in [0.29, 0.717) is 6.61 Å². The van der Waals surface area contributed by atoms with Crippen LogP contribution in [0.5, 0.6) is 0 Å². The first-order chi connectivity index (χ1) is 9.70. The van der Waals surface area contributed by atoms with E-state index in [9.17, 15) is 4.79 Å². The highest BCUT2D eigenvalue weighted by Crippen LogP contribution is 2.08. The van der Waals surface area contributed by atoms with Gasteiger partial charge in [-0.05, 0) is 19.3 Å². The van der Waals surface area contributed by atoms with Crippen LogP contribution in [0.4, 0.5) is 4.79 Å². The van der Waals surface area contributed by atoms with Gasteiger partial charge in [-0.3, -0.25) is 0 Å². The van der Waals surface area contributed by atoms with E-state index in [0.717, 1.165) is 25.7 Å². The molecule has 5 nitrogen and oxygen atoms in total. The summed E-state index contributed by atoms with van der Waals surface area (Å²) in [5.41, 5.74) is 0. The highest BCUT2D eigenvalue weighted by Gasteiger charge is 2.08. The van der Waals surface area contributed by atoms with E-state index in [1.54, 1.807) is 0 Å². The minimum atomic E-state index is -1.04. The van der Waals surface area contributed by atoms with Gasteiger partial charge in [-0.15, -0.1) is 6.58 Å². The van der Waals surface area contributed by atoms with Crippen molar-refractivity contribution in [2.45, 2.75) is 57.5 Å². The van der Waals surface area contributed by atoms with E-state index in [1.807, 2.05) is 6.08 Å². The van der Waals surface area contributed by atoms with Gasteiger partial charge in [-0.25, -0.2) is 4.79 Å². The summed E-state index contributed by atoms with van der Waals surface area (Å²) in [6, 6.07) is 0. The molecular weight excluding hydrogens is 260 g/mol. The molecule has 0 aromatic heterocycles. The zero-order chi connectivity index (χ0) is 15.1. The maximum Gasteiger partial charge on any atom is 0.508 e. The third-order valence-electron chi connectivity index (χ3n) is 2.88. The average molecular weight is 288 g/mol. The molecule has 20 heavy (non-hydrogen) atoms. The lowest BCUT2D eigenvalue weighted by Crippen LogP contribution is -2.22. The number of hydrogen-bond acceptors (Lipinski definition) is 5. The van der Waals surface area contributed by atoms with Gasteiger partial charge >= 0.3 is 6.16 Å². The molecule has 0 heterocycles. The van der Waals surface area contributed by atoms with E-state index in [2.05, 4.69) is 11.3 Å². The fourth-order valence-corrected chi connectivity index (χ4v) is 1.69. The third kappa shape index (κ3) is 13.4. The lowest BCUT2D eigenvalue weighted by atomic mass is 10.1. The van der Waals surface area contributed by atoms with Crippen LogP contribution in [0, 0.1) is 0 Å². The molecule has 0 saturated heterocycles. The van der Waals surface area contributed by atoms with Crippen molar-refractivity contribution in [3.8, 4) is 0 Å². The van der Waals surface area contributed by atoms with Gasteiger partial charge in [0.15, 0.2) is 0 Å². The summed E-state index contributed by atoms with van der Waals surface area (Å²) in [5, 5.41) is 17.5. The Hall–Kier alpha value is -1.07. The van der Waals surface area contributed by atoms with E-state index in [4.69, 9.17) is 14.9 Å². The van der Waals surface area contributed by atoms with Gasteiger partial charge < -0.3 is 19.7 Å². The second-order valence-electron chi connectivity index (χ2n) is 4.80. The Labute approximate surface area is 121 Å². The standard InChI is InChI=1S/C15H28O5/c1-2-3-4-5-6-7-8-9-10-11-19-15(18)20-13-14(17)12-16/h2,14,16-17H,1,3-13H2. The third-order valence-corrected chi connectivity index (χ3v) is 2.88. The largest absolute Gasteiger partial charge is 0.508 e. The van der Waals surface area contributed by atoms with Gasteiger partial charge in [-0.2, -0.15) is 0 Å². The smallest absolute Gasteiger partial charge is 0.434 e. The fourth-order valence-electron chi connectivity index (χ4n) is 1.69. The number of aliphatic hydroxyl groups is 2. The number of ether oxygens (including phenoxy) is 2. The van der Waals surface area contributed by atoms with Crippen molar-refractivity contribution in [1.29, 1.82) is 0 Å². The Balaban J connectivity index is 3.19. The van der Waals surface area contributed by atoms with Gasteiger partial charge in [0.05, 0.1) is 13.2 Å². The van der Waals surface area contributed by atoms with Gasteiger partial charge in [0.25, 0.3) is 0 Å².